The van der Waals surface area contributed by atoms with E-state index in [1.807, 2.05) is 18.2 Å². The highest BCUT2D eigenvalue weighted by Crippen LogP contribution is 2.27. The smallest absolute Gasteiger partial charge is 0.159 e. The molecule has 0 spiro atoms. The predicted molar refractivity (Wildman–Crippen MR) is 74.2 cm³/mol. The van der Waals surface area contributed by atoms with Crippen molar-refractivity contribution in [1.82, 2.24) is 0 Å². The van der Waals surface area contributed by atoms with Crippen LogP contribution in [0.4, 0.5) is 5.69 Å². The van der Waals surface area contributed by atoms with Crippen LogP contribution in [-0.4, -0.2) is 18.9 Å². The van der Waals surface area contributed by atoms with Gasteiger partial charge in [-0.2, -0.15) is 0 Å². The molecule has 0 aromatic heterocycles. The lowest BCUT2D eigenvalue weighted by molar-refractivity contribution is 0.101. The zero-order valence-electron chi connectivity index (χ0n) is 10.4. The Morgan fingerprint density at radius 3 is 2.71 bits per heavy atom. The molecule has 0 N–H and O–H groups in total. The molecular weight excluding hydrogens is 234 g/mol. The average molecular weight is 252 g/mol. The van der Waals surface area contributed by atoms with Crippen molar-refractivity contribution in [3.05, 3.63) is 41.4 Å². The van der Waals surface area contributed by atoms with Crippen LogP contribution < -0.4 is 4.90 Å². The van der Waals surface area contributed by atoms with Crippen LogP contribution in [0, 0.1) is 0 Å². The van der Waals surface area contributed by atoms with Crippen molar-refractivity contribution in [3.63, 3.8) is 0 Å². The van der Waals surface area contributed by atoms with Gasteiger partial charge < -0.3 is 4.90 Å². The third-order valence-corrected chi connectivity index (χ3v) is 2.84. The fourth-order valence-corrected chi connectivity index (χ4v) is 2.02. The summed E-state index contributed by atoms with van der Waals surface area (Å²) in [6, 6.07) is 5.44. The van der Waals surface area contributed by atoms with Gasteiger partial charge in [-0.05, 0) is 31.5 Å². The standard InChI is InChI=1S/C14H18ClNO/c1-4-8-16(9-5-2)14-7-6-12(11(3)17)10-13(14)15/h4,6-7,10H,1,5,8-9H2,2-3H3. The zero-order chi connectivity index (χ0) is 12.8. The third-order valence-electron chi connectivity index (χ3n) is 2.54. The lowest BCUT2D eigenvalue weighted by atomic mass is 10.1. The van der Waals surface area contributed by atoms with Gasteiger partial charge in [-0.15, -0.1) is 6.58 Å². The molecule has 0 amide bonds. The lowest BCUT2D eigenvalue weighted by Gasteiger charge is -2.24. The zero-order valence-corrected chi connectivity index (χ0v) is 11.1. The summed E-state index contributed by atoms with van der Waals surface area (Å²) in [4.78, 5) is 13.4. The second-order valence-corrected chi connectivity index (χ2v) is 4.36. The molecule has 0 aliphatic carbocycles. The van der Waals surface area contributed by atoms with E-state index in [0.29, 0.717) is 10.6 Å². The summed E-state index contributed by atoms with van der Waals surface area (Å²) in [5, 5.41) is 0.619. The molecule has 92 valence electrons. The number of rotatable bonds is 6. The van der Waals surface area contributed by atoms with Crippen molar-refractivity contribution in [3.8, 4) is 0 Å². The van der Waals surface area contributed by atoms with Crippen molar-refractivity contribution in [2.75, 3.05) is 18.0 Å². The average Bonchev–Trinajstić information content (AvgIpc) is 2.28. The van der Waals surface area contributed by atoms with Crippen molar-refractivity contribution < 1.29 is 4.79 Å². The maximum atomic E-state index is 11.2. The molecule has 2 nitrogen and oxygen atoms in total. The first kappa shape index (κ1) is 13.8. The summed E-state index contributed by atoms with van der Waals surface area (Å²) in [5.41, 5.74) is 1.60. The Kier molecular flexibility index (Phi) is 5.23. The Balaban J connectivity index is 3.03. The third kappa shape index (κ3) is 3.60. The molecule has 0 fully saturated rings. The minimum atomic E-state index is 0.0317. The summed E-state index contributed by atoms with van der Waals surface area (Å²) in [7, 11) is 0. The van der Waals surface area contributed by atoms with Crippen LogP contribution >= 0.6 is 11.6 Å². The summed E-state index contributed by atoms with van der Waals surface area (Å²) >= 11 is 6.21. The number of nitrogens with zero attached hydrogens (tertiary/aromatic N) is 1. The summed E-state index contributed by atoms with van der Waals surface area (Å²) in [6.45, 7) is 9.08. The molecule has 1 aromatic carbocycles. The van der Waals surface area contributed by atoms with E-state index in [2.05, 4.69) is 18.4 Å². The second kappa shape index (κ2) is 6.45. The SMILES string of the molecule is C=CCN(CCC)c1ccc(C(C)=O)cc1Cl. The molecule has 0 atom stereocenters. The lowest BCUT2D eigenvalue weighted by Crippen LogP contribution is -2.24. The van der Waals surface area contributed by atoms with Gasteiger partial charge in [0.1, 0.15) is 0 Å². The van der Waals surface area contributed by atoms with E-state index in [1.165, 1.54) is 0 Å². The number of anilines is 1. The second-order valence-electron chi connectivity index (χ2n) is 3.96. The molecule has 1 aromatic rings. The Hall–Kier alpha value is -1.28. The number of hydrogen-bond donors (Lipinski definition) is 0. The van der Waals surface area contributed by atoms with Crippen molar-refractivity contribution in [2.45, 2.75) is 20.3 Å². The number of benzene rings is 1. The normalized spacial score (nSPS) is 10.1. The first-order chi connectivity index (χ1) is 8.10. The molecule has 0 saturated heterocycles. The van der Waals surface area contributed by atoms with Crippen LogP contribution in [0.1, 0.15) is 30.6 Å². The highest BCUT2D eigenvalue weighted by molar-refractivity contribution is 6.33. The highest BCUT2D eigenvalue weighted by atomic mass is 35.5. The van der Waals surface area contributed by atoms with Crippen molar-refractivity contribution >= 4 is 23.1 Å². The fraction of sp³-hybridized carbons (Fsp3) is 0.357. The van der Waals surface area contributed by atoms with Gasteiger partial charge >= 0.3 is 0 Å². The van der Waals surface area contributed by atoms with Gasteiger partial charge in [-0.25, -0.2) is 0 Å². The van der Waals surface area contributed by atoms with Gasteiger partial charge in [0, 0.05) is 18.7 Å². The number of hydrogen-bond acceptors (Lipinski definition) is 2. The monoisotopic (exact) mass is 251 g/mol. The highest BCUT2D eigenvalue weighted by Gasteiger charge is 2.10. The molecule has 0 aliphatic rings. The van der Waals surface area contributed by atoms with Crippen LogP contribution in [0.15, 0.2) is 30.9 Å². The largest absolute Gasteiger partial charge is 0.367 e. The van der Waals surface area contributed by atoms with Gasteiger partial charge in [-0.1, -0.05) is 24.6 Å². The van der Waals surface area contributed by atoms with Crippen LogP contribution in [-0.2, 0) is 0 Å². The Labute approximate surface area is 108 Å². The number of carbonyl (C=O) groups is 1. The first-order valence-corrected chi connectivity index (χ1v) is 6.14. The number of halogens is 1. The van der Waals surface area contributed by atoms with E-state index in [9.17, 15) is 4.79 Å². The van der Waals surface area contributed by atoms with Crippen LogP contribution in [0.25, 0.3) is 0 Å². The van der Waals surface area contributed by atoms with Crippen molar-refractivity contribution in [1.29, 1.82) is 0 Å². The van der Waals surface area contributed by atoms with E-state index < -0.39 is 0 Å². The molecule has 0 saturated carbocycles. The molecule has 0 heterocycles. The molecule has 0 radical (unpaired) electrons. The fourth-order valence-electron chi connectivity index (χ4n) is 1.72. The summed E-state index contributed by atoms with van der Waals surface area (Å²) in [5.74, 6) is 0.0317. The van der Waals surface area contributed by atoms with E-state index in [4.69, 9.17) is 11.6 Å². The van der Waals surface area contributed by atoms with Gasteiger partial charge in [0.2, 0.25) is 0 Å². The molecule has 0 bridgehead atoms. The van der Waals surface area contributed by atoms with E-state index >= 15 is 0 Å². The quantitative estimate of drug-likeness (QED) is 0.564. The van der Waals surface area contributed by atoms with Crippen LogP contribution in [0.3, 0.4) is 0 Å². The van der Waals surface area contributed by atoms with Gasteiger partial charge in [0.05, 0.1) is 10.7 Å². The van der Waals surface area contributed by atoms with Crippen LogP contribution in [0.2, 0.25) is 5.02 Å². The summed E-state index contributed by atoms with van der Waals surface area (Å²) < 4.78 is 0. The Morgan fingerprint density at radius 2 is 2.24 bits per heavy atom. The maximum absolute atomic E-state index is 11.2. The maximum Gasteiger partial charge on any atom is 0.159 e. The van der Waals surface area contributed by atoms with Crippen LogP contribution in [0.5, 0.6) is 0 Å². The molecule has 3 heteroatoms. The topological polar surface area (TPSA) is 20.3 Å². The van der Waals surface area contributed by atoms with Gasteiger partial charge in [-0.3, -0.25) is 4.79 Å². The molecular formula is C14H18ClNO. The number of ketones is 1. The van der Waals surface area contributed by atoms with Gasteiger partial charge in [0.15, 0.2) is 5.78 Å². The van der Waals surface area contributed by atoms with E-state index in [1.54, 1.807) is 13.0 Å². The molecule has 0 unspecified atom stereocenters. The number of carbonyl (C=O) groups excluding carboxylic acids is 1. The first-order valence-electron chi connectivity index (χ1n) is 5.76. The minimum absolute atomic E-state index is 0.0317. The Bertz CT molecular complexity index is 415. The molecule has 0 aliphatic heterocycles. The Morgan fingerprint density at radius 1 is 1.53 bits per heavy atom. The molecule has 17 heavy (non-hydrogen) atoms. The minimum Gasteiger partial charge on any atom is -0.367 e. The number of Topliss-reactive ketones (excluding diaryl/α,β-unsaturated/α-hetero) is 1. The van der Waals surface area contributed by atoms with Gasteiger partial charge in [0.25, 0.3) is 0 Å². The summed E-state index contributed by atoms with van der Waals surface area (Å²) in [6.07, 6.45) is 2.89. The van der Waals surface area contributed by atoms with E-state index in [-0.39, 0.29) is 5.78 Å². The molecule has 1 rings (SSSR count). The van der Waals surface area contributed by atoms with Crippen molar-refractivity contribution in [2.24, 2.45) is 0 Å². The van der Waals surface area contributed by atoms with E-state index in [0.717, 1.165) is 25.2 Å². The predicted octanol–water partition coefficient (Wildman–Crippen LogP) is 3.95.